The Labute approximate surface area is 387 Å². The minimum absolute atomic E-state index is 0.0992. The molecule has 0 aliphatic rings. The number of hydrogen-bond donors (Lipinski definition) is 0. The Bertz CT molecular complexity index is 1280. The zero-order chi connectivity index (χ0) is 45.8. The zero-order valence-electron chi connectivity index (χ0n) is 40.8. The molecule has 1 atom stereocenters. The van der Waals surface area contributed by atoms with Gasteiger partial charge in [0.1, 0.15) is 13.2 Å². The van der Waals surface area contributed by atoms with Gasteiger partial charge in [-0.15, -0.1) is 0 Å². The van der Waals surface area contributed by atoms with Gasteiger partial charge in [0.05, 0.1) is 0 Å². The highest BCUT2D eigenvalue weighted by Gasteiger charge is 2.19. The Kier molecular flexibility index (Phi) is 48.0. The van der Waals surface area contributed by atoms with Crippen molar-refractivity contribution in [1.82, 2.24) is 0 Å². The topological polar surface area (TPSA) is 78.9 Å². The maximum Gasteiger partial charge on any atom is 0.306 e. The molecule has 0 spiro atoms. The van der Waals surface area contributed by atoms with Crippen LogP contribution in [0.4, 0.5) is 0 Å². The van der Waals surface area contributed by atoms with Crippen LogP contribution < -0.4 is 0 Å². The largest absolute Gasteiger partial charge is 0.462 e. The van der Waals surface area contributed by atoms with Crippen LogP contribution >= 0.6 is 0 Å². The summed E-state index contributed by atoms with van der Waals surface area (Å²) in [6, 6.07) is 0. The van der Waals surface area contributed by atoms with Crippen LogP contribution in [0, 0.1) is 0 Å². The maximum absolute atomic E-state index is 12.8. The quantitative estimate of drug-likeness (QED) is 0.0262. The molecule has 63 heavy (non-hydrogen) atoms. The Morgan fingerprint density at radius 2 is 0.619 bits per heavy atom. The summed E-state index contributed by atoms with van der Waals surface area (Å²) in [5, 5.41) is 0. The summed E-state index contributed by atoms with van der Waals surface area (Å²) in [6.45, 7) is 6.33. The van der Waals surface area contributed by atoms with E-state index in [1.165, 1.54) is 51.4 Å². The van der Waals surface area contributed by atoms with Gasteiger partial charge in [-0.2, -0.15) is 0 Å². The van der Waals surface area contributed by atoms with Gasteiger partial charge < -0.3 is 14.2 Å². The van der Waals surface area contributed by atoms with Crippen molar-refractivity contribution in [3.8, 4) is 0 Å². The van der Waals surface area contributed by atoms with Crippen molar-refractivity contribution in [1.29, 1.82) is 0 Å². The molecule has 0 fully saturated rings. The van der Waals surface area contributed by atoms with Gasteiger partial charge >= 0.3 is 17.9 Å². The summed E-state index contributed by atoms with van der Waals surface area (Å²) in [6.07, 6.45) is 66.7. The van der Waals surface area contributed by atoms with Gasteiger partial charge in [-0.05, 0) is 116 Å². The van der Waals surface area contributed by atoms with Crippen molar-refractivity contribution >= 4 is 17.9 Å². The van der Waals surface area contributed by atoms with Crippen molar-refractivity contribution in [3.05, 3.63) is 97.2 Å². The molecule has 0 N–H and O–H groups in total. The third kappa shape index (κ3) is 49.2. The van der Waals surface area contributed by atoms with Crippen LogP contribution in [0.25, 0.3) is 0 Å². The molecule has 0 bridgehead atoms. The van der Waals surface area contributed by atoms with E-state index in [-0.39, 0.29) is 31.1 Å². The molecule has 0 heterocycles. The number of hydrogen-bond acceptors (Lipinski definition) is 6. The average molecular weight is 875 g/mol. The predicted molar refractivity (Wildman–Crippen MR) is 270 cm³/mol. The summed E-state index contributed by atoms with van der Waals surface area (Å²) in [7, 11) is 0. The number of unbranched alkanes of at least 4 members (excludes halogenated alkanes) is 18. The molecule has 0 aromatic carbocycles. The zero-order valence-corrected chi connectivity index (χ0v) is 40.8. The Hall–Kier alpha value is -3.67. The third-order valence-electron chi connectivity index (χ3n) is 10.6. The number of carbonyl (C=O) groups is 3. The van der Waals surface area contributed by atoms with E-state index in [0.717, 1.165) is 135 Å². The lowest BCUT2D eigenvalue weighted by molar-refractivity contribution is -0.167. The summed E-state index contributed by atoms with van der Waals surface area (Å²) in [4.78, 5) is 38.0. The normalized spacial score (nSPS) is 12.9. The van der Waals surface area contributed by atoms with Gasteiger partial charge in [-0.3, -0.25) is 14.4 Å². The standard InChI is InChI=1S/C57H94O6/c1-4-7-10-13-16-19-22-25-27-28-30-32-35-38-41-44-47-50-56(59)62-53-54(52-61-55(58)49-46-43-40-37-34-31-24-21-18-15-12-9-6-3)63-57(60)51-48-45-42-39-36-33-29-26-23-20-17-14-11-8-5-2/h7,9-10,12,16-21,25-27,29,31,34,54H,4-6,8,11,13-15,22-24,28,30,32-33,35-53H2,1-3H3/b10-7-,12-9-,19-16-,20-17-,21-18-,27-25-,29-26-,34-31-. The SMILES string of the molecule is CC/C=C\C/C=C\C/C=C\CCCCCCCCCC(=O)OCC(COC(=O)CCCCC/C=C\C/C=C\C/C=C\CC)OC(=O)CCCCCCC/C=C\C/C=C\CCCCC. The number of rotatable bonds is 45. The van der Waals surface area contributed by atoms with Crippen LogP contribution in [-0.4, -0.2) is 37.2 Å². The van der Waals surface area contributed by atoms with E-state index in [9.17, 15) is 14.4 Å². The average Bonchev–Trinajstić information content (AvgIpc) is 3.28. The highest BCUT2D eigenvalue weighted by atomic mass is 16.6. The van der Waals surface area contributed by atoms with Crippen LogP contribution in [0.1, 0.15) is 226 Å². The van der Waals surface area contributed by atoms with Crippen LogP contribution in [0.15, 0.2) is 97.2 Å². The highest BCUT2D eigenvalue weighted by Crippen LogP contribution is 2.13. The molecule has 1 unspecified atom stereocenters. The number of esters is 3. The van der Waals surface area contributed by atoms with Gasteiger partial charge in [0.25, 0.3) is 0 Å². The minimum Gasteiger partial charge on any atom is -0.462 e. The number of carbonyl (C=O) groups excluding carboxylic acids is 3. The van der Waals surface area contributed by atoms with Gasteiger partial charge in [-0.1, -0.05) is 189 Å². The Morgan fingerprint density at radius 1 is 0.333 bits per heavy atom. The van der Waals surface area contributed by atoms with Crippen LogP contribution in [0.3, 0.4) is 0 Å². The van der Waals surface area contributed by atoms with Crippen molar-refractivity contribution in [2.45, 2.75) is 232 Å². The van der Waals surface area contributed by atoms with Crippen LogP contribution in [0.5, 0.6) is 0 Å². The Balaban J connectivity index is 4.47. The fourth-order valence-electron chi connectivity index (χ4n) is 6.73. The summed E-state index contributed by atoms with van der Waals surface area (Å²) < 4.78 is 16.8. The second kappa shape index (κ2) is 51.0. The molecule has 6 nitrogen and oxygen atoms in total. The van der Waals surface area contributed by atoms with Crippen LogP contribution in [-0.2, 0) is 28.6 Å². The molecule has 0 radical (unpaired) electrons. The van der Waals surface area contributed by atoms with Gasteiger partial charge in [0, 0.05) is 19.3 Å². The molecule has 0 aromatic rings. The fraction of sp³-hybridized carbons (Fsp3) is 0.667. The second-order valence-electron chi connectivity index (χ2n) is 16.7. The Morgan fingerprint density at radius 3 is 0.984 bits per heavy atom. The lowest BCUT2D eigenvalue weighted by Gasteiger charge is -2.18. The monoisotopic (exact) mass is 875 g/mol. The summed E-state index contributed by atoms with van der Waals surface area (Å²) >= 11 is 0. The summed E-state index contributed by atoms with van der Waals surface area (Å²) in [5.74, 6) is -0.956. The van der Waals surface area contributed by atoms with Crippen molar-refractivity contribution in [2.75, 3.05) is 13.2 Å². The maximum atomic E-state index is 12.8. The lowest BCUT2D eigenvalue weighted by Crippen LogP contribution is -2.30. The van der Waals surface area contributed by atoms with Crippen LogP contribution in [0.2, 0.25) is 0 Å². The second-order valence-corrected chi connectivity index (χ2v) is 16.7. The number of ether oxygens (including phenoxy) is 3. The molecule has 0 aromatic heterocycles. The van der Waals surface area contributed by atoms with E-state index in [1.807, 2.05) is 0 Å². The fourth-order valence-corrected chi connectivity index (χ4v) is 6.73. The van der Waals surface area contributed by atoms with Gasteiger partial charge in [0.2, 0.25) is 0 Å². The van der Waals surface area contributed by atoms with E-state index >= 15 is 0 Å². The van der Waals surface area contributed by atoms with E-state index in [2.05, 4.69) is 118 Å². The molecule has 358 valence electrons. The first-order chi connectivity index (χ1) is 31.0. The minimum atomic E-state index is -0.801. The van der Waals surface area contributed by atoms with Crippen molar-refractivity contribution < 1.29 is 28.6 Å². The first-order valence-electron chi connectivity index (χ1n) is 25.7. The van der Waals surface area contributed by atoms with E-state index in [4.69, 9.17) is 14.2 Å². The number of allylic oxidation sites excluding steroid dienone is 16. The molecule has 0 rings (SSSR count). The summed E-state index contributed by atoms with van der Waals surface area (Å²) in [5.41, 5.74) is 0. The molecule has 0 saturated carbocycles. The van der Waals surface area contributed by atoms with Gasteiger partial charge in [-0.25, -0.2) is 0 Å². The van der Waals surface area contributed by atoms with Crippen molar-refractivity contribution in [3.63, 3.8) is 0 Å². The highest BCUT2D eigenvalue weighted by molar-refractivity contribution is 5.71. The van der Waals surface area contributed by atoms with E-state index < -0.39 is 6.10 Å². The molecule has 6 heteroatoms. The first-order valence-corrected chi connectivity index (χ1v) is 25.7. The lowest BCUT2D eigenvalue weighted by atomic mass is 10.1. The molecule has 0 aliphatic heterocycles. The molecular weight excluding hydrogens is 781 g/mol. The first kappa shape index (κ1) is 59.3. The smallest absolute Gasteiger partial charge is 0.306 e. The molecule has 0 aliphatic carbocycles. The predicted octanol–water partition coefficient (Wildman–Crippen LogP) is 17.0. The van der Waals surface area contributed by atoms with E-state index in [1.54, 1.807) is 0 Å². The van der Waals surface area contributed by atoms with Gasteiger partial charge in [0.15, 0.2) is 6.10 Å². The molecule has 0 amide bonds. The molecule has 0 saturated heterocycles. The van der Waals surface area contributed by atoms with E-state index in [0.29, 0.717) is 19.3 Å². The third-order valence-corrected chi connectivity index (χ3v) is 10.6. The van der Waals surface area contributed by atoms with Crippen molar-refractivity contribution in [2.24, 2.45) is 0 Å². The molecular formula is C57H94O6.